The summed E-state index contributed by atoms with van der Waals surface area (Å²) in [6, 6.07) is 9.99. The molecule has 0 fully saturated rings. The molecule has 94 valence electrons. The molecule has 0 saturated carbocycles. The molecule has 0 atom stereocenters. The van der Waals surface area contributed by atoms with E-state index in [9.17, 15) is 4.79 Å². The van der Waals surface area contributed by atoms with E-state index in [0.717, 1.165) is 21.3 Å². The molecule has 0 unspecified atom stereocenters. The number of hydrogen-bond donors (Lipinski definition) is 0. The van der Waals surface area contributed by atoms with Crippen molar-refractivity contribution in [3.8, 4) is 0 Å². The van der Waals surface area contributed by atoms with Gasteiger partial charge >= 0.3 is 5.97 Å². The summed E-state index contributed by atoms with van der Waals surface area (Å²) in [5.41, 5.74) is 0.810. The molecule has 0 aliphatic rings. The second-order valence-electron chi connectivity index (χ2n) is 3.52. The third-order valence-corrected chi connectivity index (χ3v) is 4.48. The van der Waals surface area contributed by atoms with E-state index in [4.69, 9.17) is 4.74 Å². The van der Waals surface area contributed by atoms with Crippen molar-refractivity contribution in [1.29, 1.82) is 0 Å². The fraction of sp³-hybridized carbons (Fsp3) is 0.231. The molecule has 1 aromatic heterocycles. The van der Waals surface area contributed by atoms with Crippen LogP contribution in [0.1, 0.15) is 22.3 Å². The van der Waals surface area contributed by atoms with Crippen LogP contribution in [0, 0.1) is 0 Å². The largest absolute Gasteiger partial charge is 0.465 e. The lowest BCUT2D eigenvalue weighted by Crippen LogP contribution is -2.01. The quantitative estimate of drug-likeness (QED) is 0.801. The van der Waals surface area contributed by atoms with Gasteiger partial charge in [-0.2, -0.15) is 0 Å². The third kappa shape index (κ3) is 2.91. The van der Waals surface area contributed by atoms with Gasteiger partial charge < -0.3 is 4.74 Å². The van der Waals surface area contributed by atoms with Crippen LogP contribution in [0.2, 0.25) is 0 Å². The minimum Gasteiger partial charge on any atom is -0.465 e. The lowest BCUT2D eigenvalue weighted by atomic mass is 10.3. The molecule has 5 heteroatoms. The average molecular weight is 279 g/mol. The normalized spacial score (nSPS) is 10.3. The Morgan fingerprint density at radius 1 is 1.39 bits per heavy atom. The number of hydrogen-bond acceptors (Lipinski definition) is 5. The average Bonchev–Trinajstić information content (AvgIpc) is 2.82. The molecule has 3 nitrogen and oxygen atoms in total. The Morgan fingerprint density at radius 2 is 2.11 bits per heavy atom. The molecule has 18 heavy (non-hydrogen) atoms. The second kappa shape index (κ2) is 6.02. The minimum atomic E-state index is -0.302. The monoisotopic (exact) mass is 279 g/mol. The summed E-state index contributed by atoms with van der Waals surface area (Å²) in [5.74, 6) is -0.302. The number of ether oxygens (including phenoxy) is 1. The summed E-state index contributed by atoms with van der Waals surface area (Å²) in [5, 5.41) is 0. The van der Waals surface area contributed by atoms with Crippen LogP contribution < -0.4 is 0 Å². The summed E-state index contributed by atoms with van der Waals surface area (Å²) in [4.78, 5) is 17.8. The molecular formula is C13H13NO2S2. The number of thiazole rings is 1. The van der Waals surface area contributed by atoms with E-state index in [-0.39, 0.29) is 5.97 Å². The van der Waals surface area contributed by atoms with Gasteiger partial charge in [0.25, 0.3) is 0 Å². The fourth-order valence-corrected chi connectivity index (χ4v) is 3.62. The molecular weight excluding hydrogens is 266 g/mol. The van der Waals surface area contributed by atoms with Crippen LogP contribution in [-0.2, 0) is 11.2 Å². The van der Waals surface area contributed by atoms with Crippen molar-refractivity contribution in [1.82, 2.24) is 4.98 Å². The highest BCUT2D eigenvalue weighted by Crippen LogP contribution is 2.33. The Labute approximate surface area is 114 Å². The standard InChI is InChI=1S/C13H13NO2S2/c1-3-10-11(12(15)16-2)18-13(14-10)17-9-7-5-4-6-8-9/h4-8H,3H2,1-2H3. The number of carbonyl (C=O) groups excluding carboxylic acids is 1. The van der Waals surface area contributed by atoms with Crippen molar-refractivity contribution in [3.05, 3.63) is 40.9 Å². The van der Waals surface area contributed by atoms with Gasteiger partial charge in [0, 0.05) is 4.90 Å². The van der Waals surface area contributed by atoms with Crippen molar-refractivity contribution in [3.63, 3.8) is 0 Å². The second-order valence-corrected chi connectivity index (χ2v) is 5.84. The van der Waals surface area contributed by atoms with Gasteiger partial charge in [-0.05, 0) is 18.6 Å². The first kappa shape index (κ1) is 13.1. The van der Waals surface area contributed by atoms with E-state index in [0.29, 0.717) is 4.88 Å². The van der Waals surface area contributed by atoms with Crippen molar-refractivity contribution in [2.45, 2.75) is 22.6 Å². The molecule has 0 bridgehead atoms. The number of rotatable bonds is 4. The Morgan fingerprint density at radius 3 is 2.72 bits per heavy atom. The maximum absolute atomic E-state index is 11.6. The zero-order chi connectivity index (χ0) is 13.0. The summed E-state index contributed by atoms with van der Waals surface area (Å²) in [6.07, 6.45) is 0.732. The Balaban J connectivity index is 2.25. The van der Waals surface area contributed by atoms with E-state index in [1.165, 1.54) is 18.4 Å². The lowest BCUT2D eigenvalue weighted by molar-refractivity contribution is 0.0605. The Bertz CT molecular complexity index is 537. The fourth-order valence-electron chi connectivity index (χ4n) is 1.45. The molecule has 0 radical (unpaired) electrons. The van der Waals surface area contributed by atoms with E-state index in [1.54, 1.807) is 11.8 Å². The van der Waals surface area contributed by atoms with Crippen molar-refractivity contribution in [2.75, 3.05) is 7.11 Å². The maximum Gasteiger partial charge on any atom is 0.350 e. The molecule has 2 rings (SSSR count). The highest BCUT2D eigenvalue weighted by atomic mass is 32.2. The molecule has 1 aromatic carbocycles. The lowest BCUT2D eigenvalue weighted by Gasteiger charge is -1.95. The summed E-state index contributed by atoms with van der Waals surface area (Å²) < 4.78 is 5.64. The Hall–Kier alpha value is -1.33. The maximum atomic E-state index is 11.6. The summed E-state index contributed by atoms with van der Waals surface area (Å²) >= 11 is 2.95. The predicted molar refractivity (Wildman–Crippen MR) is 73.4 cm³/mol. The van der Waals surface area contributed by atoms with Crippen LogP contribution in [0.15, 0.2) is 39.6 Å². The molecule has 2 aromatic rings. The third-order valence-electron chi connectivity index (χ3n) is 2.33. The van der Waals surface area contributed by atoms with Crippen LogP contribution in [0.4, 0.5) is 0 Å². The summed E-state index contributed by atoms with van der Waals surface area (Å²) in [6.45, 7) is 1.98. The van der Waals surface area contributed by atoms with Crippen molar-refractivity contribution in [2.24, 2.45) is 0 Å². The van der Waals surface area contributed by atoms with E-state index >= 15 is 0 Å². The first-order valence-corrected chi connectivity index (χ1v) is 7.18. The molecule has 1 heterocycles. The van der Waals surface area contributed by atoms with Crippen molar-refractivity contribution < 1.29 is 9.53 Å². The molecule has 0 spiro atoms. The zero-order valence-electron chi connectivity index (χ0n) is 10.2. The van der Waals surface area contributed by atoms with Gasteiger partial charge in [0.1, 0.15) is 4.88 Å². The van der Waals surface area contributed by atoms with Gasteiger partial charge in [0.2, 0.25) is 0 Å². The molecule has 0 saturated heterocycles. The van der Waals surface area contributed by atoms with E-state index in [1.807, 2.05) is 37.3 Å². The highest BCUT2D eigenvalue weighted by molar-refractivity contribution is 8.01. The van der Waals surface area contributed by atoms with Gasteiger partial charge in [0.05, 0.1) is 12.8 Å². The van der Waals surface area contributed by atoms with Crippen LogP contribution in [0.3, 0.4) is 0 Å². The number of benzene rings is 1. The zero-order valence-corrected chi connectivity index (χ0v) is 11.8. The van der Waals surface area contributed by atoms with Gasteiger partial charge in [0.15, 0.2) is 4.34 Å². The van der Waals surface area contributed by atoms with Crippen LogP contribution in [0.25, 0.3) is 0 Å². The number of aromatic nitrogens is 1. The smallest absolute Gasteiger partial charge is 0.350 e. The SMILES string of the molecule is CCc1nc(Sc2ccccc2)sc1C(=O)OC. The first-order valence-electron chi connectivity index (χ1n) is 5.55. The van der Waals surface area contributed by atoms with Gasteiger partial charge in [-0.15, -0.1) is 11.3 Å². The number of methoxy groups -OCH3 is 1. The van der Waals surface area contributed by atoms with E-state index in [2.05, 4.69) is 4.98 Å². The summed E-state index contributed by atoms with van der Waals surface area (Å²) in [7, 11) is 1.39. The van der Waals surface area contributed by atoms with Gasteiger partial charge in [-0.25, -0.2) is 9.78 Å². The molecule has 0 amide bonds. The number of nitrogens with zero attached hydrogens (tertiary/aromatic N) is 1. The topological polar surface area (TPSA) is 39.2 Å². The van der Waals surface area contributed by atoms with Crippen LogP contribution in [0.5, 0.6) is 0 Å². The van der Waals surface area contributed by atoms with Crippen LogP contribution in [-0.4, -0.2) is 18.1 Å². The molecule has 0 aliphatic heterocycles. The van der Waals surface area contributed by atoms with Crippen molar-refractivity contribution >= 4 is 29.1 Å². The predicted octanol–water partition coefficient (Wildman–Crippen LogP) is 3.64. The minimum absolute atomic E-state index is 0.302. The van der Waals surface area contributed by atoms with Gasteiger partial charge in [-0.3, -0.25) is 0 Å². The number of esters is 1. The molecule has 0 N–H and O–H groups in total. The Kier molecular flexibility index (Phi) is 4.38. The highest BCUT2D eigenvalue weighted by Gasteiger charge is 2.17. The van der Waals surface area contributed by atoms with Gasteiger partial charge in [-0.1, -0.05) is 36.9 Å². The van der Waals surface area contributed by atoms with Crippen LogP contribution >= 0.6 is 23.1 Å². The number of aryl methyl sites for hydroxylation is 1. The first-order chi connectivity index (χ1) is 8.74. The molecule has 0 aliphatic carbocycles. The van der Waals surface area contributed by atoms with E-state index < -0.39 is 0 Å². The number of carbonyl (C=O) groups is 1.